The normalized spacial score (nSPS) is 13.2. The molecule has 11 heteroatoms. The van der Waals surface area contributed by atoms with Crippen molar-refractivity contribution in [2.24, 2.45) is 0 Å². The third-order valence-electron chi connectivity index (χ3n) is 4.79. The van der Waals surface area contributed by atoms with Crippen molar-refractivity contribution >= 4 is 33.0 Å². The van der Waals surface area contributed by atoms with E-state index >= 15 is 0 Å². The molecule has 3 aromatic rings. The molecule has 0 aliphatic rings. The fourth-order valence-corrected chi connectivity index (χ4v) is 4.20. The van der Waals surface area contributed by atoms with E-state index in [2.05, 4.69) is 4.98 Å². The monoisotopic (exact) mass is 510 g/mol. The average Bonchev–Trinajstić information content (AvgIpc) is 3.26. The van der Waals surface area contributed by atoms with Gasteiger partial charge in [0, 0.05) is 6.26 Å². The largest absolute Gasteiger partial charge is 0.489 e. The Kier molecular flexibility index (Phi) is 7.55. The quantitative estimate of drug-likeness (QED) is 0.427. The molecule has 2 aromatic carbocycles. The lowest BCUT2D eigenvalue weighted by molar-refractivity contribution is 0.102. The molecule has 1 heterocycles. The first-order chi connectivity index (χ1) is 15.6. The summed E-state index contributed by atoms with van der Waals surface area (Å²) in [6.45, 7) is 1.62. The zero-order valence-electron chi connectivity index (χ0n) is 17.7. The molecule has 1 N–H and O–H groups in total. The van der Waals surface area contributed by atoms with E-state index in [1.54, 1.807) is 31.2 Å². The van der Waals surface area contributed by atoms with Gasteiger partial charge in [-0.2, -0.15) is 5.26 Å². The highest BCUT2D eigenvalue weighted by Gasteiger charge is 2.28. The molecular formula is C22H20Cl2N2O6S. The molecule has 1 atom stereocenters. The second kappa shape index (κ2) is 10.0. The number of halogens is 2. The number of benzene rings is 2. The molecule has 0 bridgehead atoms. The zero-order chi connectivity index (χ0) is 24.2. The summed E-state index contributed by atoms with van der Waals surface area (Å²) in [6, 6.07) is 11.6. The van der Waals surface area contributed by atoms with Crippen LogP contribution in [-0.4, -0.2) is 37.3 Å². The molecule has 3 rings (SSSR count). The van der Waals surface area contributed by atoms with E-state index in [1.807, 2.05) is 6.07 Å². The van der Waals surface area contributed by atoms with E-state index in [0.717, 1.165) is 12.6 Å². The van der Waals surface area contributed by atoms with Crippen LogP contribution in [-0.2, 0) is 22.0 Å². The topological polar surface area (TPSA) is 123 Å². The molecule has 0 spiro atoms. The van der Waals surface area contributed by atoms with Crippen LogP contribution in [0.2, 0.25) is 5.02 Å². The molecule has 0 radical (unpaired) electrons. The van der Waals surface area contributed by atoms with Crippen LogP contribution >= 0.6 is 23.2 Å². The second-order valence-electron chi connectivity index (χ2n) is 7.22. The molecule has 0 amide bonds. The Morgan fingerprint density at radius 3 is 2.52 bits per heavy atom. The van der Waals surface area contributed by atoms with Crippen LogP contribution in [0.5, 0.6) is 11.5 Å². The summed E-state index contributed by atoms with van der Waals surface area (Å²) >= 11 is 11.9. The molecular weight excluding hydrogens is 491 g/mol. The number of sulfone groups is 1. The predicted octanol–water partition coefficient (Wildman–Crippen LogP) is 4.06. The van der Waals surface area contributed by atoms with Crippen molar-refractivity contribution in [3.63, 3.8) is 0 Å². The summed E-state index contributed by atoms with van der Waals surface area (Å²) in [7, 11) is -3.54. The minimum Gasteiger partial charge on any atom is -0.489 e. The Labute approximate surface area is 201 Å². The molecule has 33 heavy (non-hydrogen) atoms. The highest BCUT2D eigenvalue weighted by molar-refractivity contribution is 7.90. The van der Waals surface area contributed by atoms with E-state index in [-0.39, 0.29) is 46.2 Å². The van der Waals surface area contributed by atoms with Crippen LogP contribution < -0.4 is 9.47 Å². The molecule has 1 aromatic heterocycles. The van der Waals surface area contributed by atoms with Crippen LogP contribution in [0.4, 0.5) is 0 Å². The molecule has 1 unspecified atom stereocenters. The summed E-state index contributed by atoms with van der Waals surface area (Å²) in [5.74, 6) is 0.958. The van der Waals surface area contributed by atoms with Gasteiger partial charge in [0.15, 0.2) is 32.8 Å². The Balaban J connectivity index is 1.81. The van der Waals surface area contributed by atoms with E-state index in [4.69, 9.17) is 37.1 Å². The van der Waals surface area contributed by atoms with Gasteiger partial charge >= 0.3 is 0 Å². The van der Waals surface area contributed by atoms with Crippen molar-refractivity contribution in [3.8, 4) is 17.6 Å². The molecule has 0 saturated heterocycles. The standard InChI is InChI=1S/C22H20Cl2N2O6S/c1-22(27,16-9-14(11-25)20(18(24)10-16)30-8-7-23)15-3-5-17(6-4-15)31-12-19-21(26-13-32-19)33(2,28)29/h3-6,9-10,13,27H,7-8,12H2,1-2H3. The van der Waals surface area contributed by atoms with E-state index in [9.17, 15) is 18.8 Å². The van der Waals surface area contributed by atoms with Gasteiger partial charge in [-0.05, 0) is 42.3 Å². The first-order valence-corrected chi connectivity index (χ1v) is 12.4. The third kappa shape index (κ3) is 5.60. The SMILES string of the molecule is CC(O)(c1ccc(OCc2ocnc2S(C)(=O)=O)cc1)c1cc(Cl)c(OCCCl)c(C#N)c1. The highest BCUT2D eigenvalue weighted by Crippen LogP contribution is 2.37. The highest BCUT2D eigenvalue weighted by atomic mass is 35.5. The lowest BCUT2D eigenvalue weighted by Crippen LogP contribution is -2.23. The van der Waals surface area contributed by atoms with Gasteiger partial charge < -0.3 is 19.0 Å². The van der Waals surface area contributed by atoms with Crippen molar-refractivity contribution in [2.75, 3.05) is 18.7 Å². The fraction of sp³-hybridized carbons (Fsp3) is 0.273. The van der Waals surface area contributed by atoms with Gasteiger partial charge in [0.2, 0.25) is 0 Å². The number of hydrogen-bond donors (Lipinski definition) is 1. The maximum Gasteiger partial charge on any atom is 0.200 e. The fourth-order valence-electron chi connectivity index (χ4n) is 3.09. The van der Waals surface area contributed by atoms with Crippen molar-refractivity contribution in [1.82, 2.24) is 4.98 Å². The van der Waals surface area contributed by atoms with Crippen LogP contribution in [0, 0.1) is 11.3 Å². The minimum absolute atomic E-state index is 0.0868. The van der Waals surface area contributed by atoms with Gasteiger partial charge in [0.25, 0.3) is 0 Å². The molecule has 0 fully saturated rings. The molecule has 8 nitrogen and oxygen atoms in total. The molecule has 0 aliphatic heterocycles. The van der Waals surface area contributed by atoms with Gasteiger partial charge in [0.05, 0.1) is 16.5 Å². The number of ether oxygens (including phenoxy) is 2. The lowest BCUT2D eigenvalue weighted by atomic mass is 9.87. The van der Waals surface area contributed by atoms with Gasteiger partial charge in [-0.3, -0.25) is 0 Å². The number of aromatic nitrogens is 1. The lowest BCUT2D eigenvalue weighted by Gasteiger charge is -2.26. The van der Waals surface area contributed by atoms with E-state index < -0.39 is 15.4 Å². The predicted molar refractivity (Wildman–Crippen MR) is 121 cm³/mol. The van der Waals surface area contributed by atoms with Gasteiger partial charge in [-0.25, -0.2) is 13.4 Å². The summed E-state index contributed by atoms with van der Waals surface area (Å²) in [5, 5.41) is 20.7. The first-order valence-electron chi connectivity index (χ1n) is 9.59. The Morgan fingerprint density at radius 2 is 1.91 bits per heavy atom. The summed E-state index contributed by atoms with van der Waals surface area (Å²) in [4.78, 5) is 3.71. The Hall–Kier alpha value is -2.77. The Bertz CT molecular complexity index is 1280. The van der Waals surface area contributed by atoms with Crippen LogP contribution in [0.25, 0.3) is 0 Å². The van der Waals surface area contributed by atoms with Crippen LogP contribution in [0.15, 0.2) is 52.2 Å². The number of alkyl halides is 1. The molecule has 0 saturated carbocycles. The number of aliphatic hydroxyl groups is 1. The number of rotatable bonds is 9. The number of oxazole rings is 1. The van der Waals surface area contributed by atoms with Gasteiger partial charge in [0.1, 0.15) is 30.6 Å². The summed E-state index contributed by atoms with van der Waals surface area (Å²) in [6.07, 6.45) is 2.08. The van der Waals surface area contributed by atoms with E-state index in [1.165, 1.54) is 12.1 Å². The smallest absolute Gasteiger partial charge is 0.200 e. The minimum atomic E-state index is -3.54. The average molecular weight is 511 g/mol. The van der Waals surface area contributed by atoms with E-state index in [0.29, 0.717) is 16.9 Å². The number of nitrogens with zero attached hydrogens (tertiary/aromatic N) is 2. The van der Waals surface area contributed by atoms with Crippen molar-refractivity contribution in [3.05, 3.63) is 70.3 Å². The number of hydrogen-bond acceptors (Lipinski definition) is 8. The molecule has 174 valence electrons. The maximum atomic E-state index is 11.7. The second-order valence-corrected chi connectivity index (χ2v) is 9.94. The summed E-state index contributed by atoms with van der Waals surface area (Å²) < 4.78 is 39.6. The van der Waals surface area contributed by atoms with Crippen LogP contribution in [0.3, 0.4) is 0 Å². The third-order valence-corrected chi connectivity index (χ3v) is 6.26. The summed E-state index contributed by atoms with van der Waals surface area (Å²) in [5.41, 5.74) is -0.389. The van der Waals surface area contributed by atoms with Crippen molar-refractivity contribution in [2.45, 2.75) is 24.2 Å². The maximum absolute atomic E-state index is 11.7. The Morgan fingerprint density at radius 1 is 1.21 bits per heavy atom. The van der Waals surface area contributed by atoms with Gasteiger partial charge in [-0.1, -0.05) is 23.7 Å². The van der Waals surface area contributed by atoms with Crippen molar-refractivity contribution in [1.29, 1.82) is 5.26 Å². The van der Waals surface area contributed by atoms with Gasteiger partial charge in [-0.15, -0.1) is 11.6 Å². The van der Waals surface area contributed by atoms with Crippen LogP contribution in [0.1, 0.15) is 29.4 Å². The zero-order valence-corrected chi connectivity index (χ0v) is 20.0. The molecule has 0 aliphatic carbocycles. The number of nitriles is 1. The first kappa shape index (κ1) is 24.9. The van der Waals surface area contributed by atoms with Crippen molar-refractivity contribution < 1.29 is 27.4 Å².